The Morgan fingerprint density at radius 2 is 2.03 bits per heavy atom. The number of nitro benzene ring substituents is 1. The number of aryl methyl sites for hydroxylation is 1. The van der Waals surface area contributed by atoms with Crippen molar-refractivity contribution < 1.29 is 28.7 Å². The molecule has 10 nitrogen and oxygen atoms in total. The highest BCUT2D eigenvalue weighted by Gasteiger charge is 2.17. The van der Waals surface area contributed by atoms with Crippen LogP contribution < -0.4 is 14.9 Å². The van der Waals surface area contributed by atoms with Crippen LogP contribution in [0.3, 0.4) is 0 Å². The van der Waals surface area contributed by atoms with Crippen molar-refractivity contribution in [3.8, 4) is 17.2 Å². The maximum absolute atomic E-state index is 12.2. The van der Waals surface area contributed by atoms with E-state index in [2.05, 4.69) is 10.5 Å². The van der Waals surface area contributed by atoms with E-state index in [0.29, 0.717) is 23.7 Å². The molecule has 0 fully saturated rings. The molecule has 0 saturated heterocycles. The summed E-state index contributed by atoms with van der Waals surface area (Å²) in [5.74, 6) is -0.0132. The van der Waals surface area contributed by atoms with Crippen molar-refractivity contribution in [1.29, 1.82) is 0 Å². The Labute approximate surface area is 183 Å². The van der Waals surface area contributed by atoms with Crippen molar-refractivity contribution in [2.75, 3.05) is 6.61 Å². The second-order valence-electron chi connectivity index (χ2n) is 6.61. The average Bonchev–Trinajstić information content (AvgIpc) is 3.24. The molecule has 0 aliphatic rings. The van der Waals surface area contributed by atoms with Crippen LogP contribution in [0.5, 0.6) is 17.2 Å². The van der Waals surface area contributed by atoms with Crippen LogP contribution in [0.25, 0.3) is 0 Å². The molecule has 0 aliphatic heterocycles. The number of hydrogen-bond acceptors (Lipinski definition) is 8. The molecule has 0 atom stereocenters. The summed E-state index contributed by atoms with van der Waals surface area (Å²) < 4.78 is 16.2. The van der Waals surface area contributed by atoms with Crippen LogP contribution in [0.4, 0.5) is 5.69 Å². The van der Waals surface area contributed by atoms with Gasteiger partial charge in [0.1, 0.15) is 12.4 Å². The van der Waals surface area contributed by atoms with Crippen LogP contribution in [0.1, 0.15) is 34.4 Å². The summed E-state index contributed by atoms with van der Waals surface area (Å²) in [6.07, 6.45) is 1.28. The third-order valence-corrected chi connectivity index (χ3v) is 4.27. The fourth-order valence-corrected chi connectivity index (χ4v) is 2.75. The first kappa shape index (κ1) is 22.3. The number of phenolic OH excluding ortho intramolecular Hbond substituents is 1. The lowest BCUT2D eigenvalue weighted by Crippen LogP contribution is -2.16. The van der Waals surface area contributed by atoms with Crippen molar-refractivity contribution in [3.63, 3.8) is 0 Å². The summed E-state index contributed by atoms with van der Waals surface area (Å²) in [7, 11) is 0. The number of carbonyl (C=O) groups excluding carboxylic acids is 1. The average molecular weight is 439 g/mol. The van der Waals surface area contributed by atoms with Crippen molar-refractivity contribution >= 4 is 17.8 Å². The maximum Gasteiger partial charge on any atom is 0.311 e. The van der Waals surface area contributed by atoms with Crippen molar-refractivity contribution in [2.24, 2.45) is 5.10 Å². The van der Waals surface area contributed by atoms with Gasteiger partial charge in [0.2, 0.25) is 0 Å². The van der Waals surface area contributed by atoms with Gasteiger partial charge in [0.25, 0.3) is 0 Å². The molecule has 2 N–H and O–H groups in total. The lowest BCUT2D eigenvalue weighted by atomic mass is 10.2. The van der Waals surface area contributed by atoms with E-state index in [1.807, 2.05) is 0 Å². The molecule has 0 saturated carbocycles. The SMILES string of the molecule is CCOc1cccc(/C=N/NC(=O)c2ccc(COc3ccc(C)cc3[N+](=O)[O-])o2)c1O. The zero-order valence-corrected chi connectivity index (χ0v) is 17.4. The first-order valence-corrected chi connectivity index (χ1v) is 9.63. The van der Waals surface area contributed by atoms with Gasteiger partial charge in [0, 0.05) is 11.6 Å². The fraction of sp³-hybridized carbons (Fsp3) is 0.182. The van der Waals surface area contributed by atoms with Gasteiger partial charge in [-0.15, -0.1) is 0 Å². The van der Waals surface area contributed by atoms with E-state index in [9.17, 15) is 20.0 Å². The number of nitrogens with one attached hydrogen (secondary N) is 1. The van der Waals surface area contributed by atoms with Gasteiger partial charge in [0.15, 0.2) is 23.0 Å². The standard InChI is InChI=1S/C22H21N3O7/c1-3-30-19-6-4-5-15(21(19)26)12-23-24-22(27)20-10-8-16(32-20)13-31-18-9-7-14(2)11-17(18)25(28)29/h4-12,26H,3,13H2,1-2H3,(H,24,27)/b23-12+. The predicted molar refractivity (Wildman–Crippen MR) is 115 cm³/mol. The zero-order chi connectivity index (χ0) is 23.1. The number of amides is 1. The minimum Gasteiger partial charge on any atom is -0.504 e. The predicted octanol–water partition coefficient (Wildman–Crippen LogP) is 3.94. The van der Waals surface area contributed by atoms with E-state index < -0.39 is 10.8 Å². The lowest BCUT2D eigenvalue weighted by molar-refractivity contribution is -0.386. The molecule has 1 heterocycles. The summed E-state index contributed by atoms with van der Waals surface area (Å²) in [6.45, 7) is 3.84. The van der Waals surface area contributed by atoms with Crippen molar-refractivity contribution in [2.45, 2.75) is 20.5 Å². The highest BCUT2D eigenvalue weighted by atomic mass is 16.6. The van der Waals surface area contributed by atoms with E-state index in [1.165, 1.54) is 30.5 Å². The Balaban J connectivity index is 1.60. The first-order valence-electron chi connectivity index (χ1n) is 9.63. The number of nitro groups is 1. The van der Waals surface area contributed by atoms with Gasteiger partial charge < -0.3 is 19.0 Å². The van der Waals surface area contributed by atoms with Gasteiger partial charge in [-0.05, 0) is 49.7 Å². The number of para-hydroxylation sites is 1. The molecular weight excluding hydrogens is 418 g/mol. The number of ether oxygens (including phenoxy) is 2. The summed E-state index contributed by atoms with van der Waals surface area (Å²) in [4.78, 5) is 22.9. The fourth-order valence-electron chi connectivity index (χ4n) is 2.75. The highest BCUT2D eigenvalue weighted by molar-refractivity contribution is 5.93. The quantitative estimate of drug-likeness (QED) is 0.293. The minimum absolute atomic E-state index is 0.0218. The maximum atomic E-state index is 12.2. The number of hydrazone groups is 1. The van der Waals surface area contributed by atoms with Crippen LogP contribution in [-0.4, -0.2) is 28.8 Å². The summed E-state index contributed by atoms with van der Waals surface area (Å²) in [5, 5.41) is 25.1. The number of carbonyl (C=O) groups is 1. The van der Waals surface area contributed by atoms with E-state index in [0.717, 1.165) is 5.56 Å². The Morgan fingerprint density at radius 1 is 1.22 bits per heavy atom. The van der Waals surface area contributed by atoms with Gasteiger partial charge in [-0.3, -0.25) is 14.9 Å². The Hall–Kier alpha value is -4.34. The molecular formula is C22H21N3O7. The van der Waals surface area contributed by atoms with Crippen LogP contribution >= 0.6 is 0 Å². The Morgan fingerprint density at radius 3 is 2.78 bits per heavy atom. The minimum atomic E-state index is -0.616. The number of aromatic hydroxyl groups is 1. The molecule has 0 aliphatic carbocycles. The monoisotopic (exact) mass is 439 g/mol. The number of phenols is 1. The van der Waals surface area contributed by atoms with Gasteiger partial charge in [0.05, 0.1) is 17.7 Å². The first-order chi connectivity index (χ1) is 15.4. The lowest BCUT2D eigenvalue weighted by Gasteiger charge is -2.07. The number of benzene rings is 2. The van der Waals surface area contributed by atoms with E-state index in [4.69, 9.17) is 13.9 Å². The smallest absolute Gasteiger partial charge is 0.311 e. The van der Waals surface area contributed by atoms with E-state index in [-0.39, 0.29) is 29.6 Å². The zero-order valence-electron chi connectivity index (χ0n) is 17.4. The summed E-state index contributed by atoms with van der Waals surface area (Å²) in [5.41, 5.74) is 3.25. The second kappa shape index (κ2) is 10.1. The second-order valence-corrected chi connectivity index (χ2v) is 6.61. The highest BCUT2D eigenvalue weighted by Crippen LogP contribution is 2.29. The topological polar surface area (TPSA) is 136 Å². The molecule has 32 heavy (non-hydrogen) atoms. The molecule has 1 aromatic heterocycles. The molecule has 0 spiro atoms. The molecule has 0 unspecified atom stereocenters. The molecule has 0 bridgehead atoms. The third kappa shape index (κ3) is 5.42. The summed E-state index contributed by atoms with van der Waals surface area (Å²) in [6, 6.07) is 12.5. The molecule has 3 aromatic rings. The molecule has 1 amide bonds. The Kier molecular flexibility index (Phi) is 7.06. The largest absolute Gasteiger partial charge is 0.504 e. The van der Waals surface area contributed by atoms with Gasteiger partial charge in [-0.2, -0.15) is 5.10 Å². The normalized spacial score (nSPS) is 10.8. The molecule has 166 valence electrons. The third-order valence-electron chi connectivity index (χ3n) is 4.27. The number of rotatable bonds is 9. The van der Waals surface area contributed by atoms with Crippen LogP contribution in [0.2, 0.25) is 0 Å². The van der Waals surface area contributed by atoms with Gasteiger partial charge in [-0.1, -0.05) is 12.1 Å². The summed E-state index contributed by atoms with van der Waals surface area (Å²) >= 11 is 0. The number of hydrogen-bond donors (Lipinski definition) is 2. The van der Waals surface area contributed by atoms with E-state index in [1.54, 1.807) is 38.1 Å². The number of furan rings is 1. The molecule has 10 heteroatoms. The van der Waals surface area contributed by atoms with E-state index >= 15 is 0 Å². The Bertz CT molecular complexity index is 1150. The van der Waals surface area contributed by atoms with Crippen LogP contribution in [0, 0.1) is 17.0 Å². The van der Waals surface area contributed by atoms with Crippen LogP contribution in [0.15, 0.2) is 58.0 Å². The van der Waals surface area contributed by atoms with Gasteiger partial charge >= 0.3 is 11.6 Å². The number of nitrogens with zero attached hydrogens (tertiary/aromatic N) is 2. The molecule has 2 aromatic carbocycles. The van der Waals surface area contributed by atoms with Crippen molar-refractivity contribution in [1.82, 2.24) is 5.43 Å². The molecule has 3 rings (SSSR count). The van der Waals surface area contributed by atoms with Gasteiger partial charge in [-0.25, -0.2) is 5.43 Å². The van der Waals surface area contributed by atoms with Crippen molar-refractivity contribution in [3.05, 3.63) is 81.3 Å². The molecule has 0 radical (unpaired) electrons. The van der Waals surface area contributed by atoms with Crippen LogP contribution in [-0.2, 0) is 6.61 Å².